The number of hydrogen-bond acceptors (Lipinski definition) is 18. The Balaban J connectivity index is 1.57. The van der Waals surface area contributed by atoms with Crippen LogP contribution in [0.25, 0.3) is 0 Å². The van der Waals surface area contributed by atoms with Crippen molar-refractivity contribution in [3.8, 4) is 0 Å². The van der Waals surface area contributed by atoms with Crippen LogP contribution in [0, 0.1) is 0 Å². The number of carbonyl (C=O) groups is 1. The molecule has 3 heterocycles. The van der Waals surface area contributed by atoms with Gasteiger partial charge in [0, 0.05) is 6.42 Å². The molecule has 69 heavy (non-hydrogen) atoms. The van der Waals surface area contributed by atoms with E-state index in [1.807, 2.05) is 6.08 Å². The molecule has 0 radical (unpaired) electrons. The summed E-state index contributed by atoms with van der Waals surface area (Å²) < 4.78 is 34.1. The number of unbranched alkanes of at least 4 members (excludes halogenated alkanes) is 15. The van der Waals surface area contributed by atoms with E-state index < -0.39 is 124 Å². The third-order valence-corrected chi connectivity index (χ3v) is 12.9. The molecule has 3 aliphatic rings. The van der Waals surface area contributed by atoms with Crippen molar-refractivity contribution in [3.63, 3.8) is 0 Å². The molecular formula is C50H89NO18. The summed E-state index contributed by atoms with van der Waals surface area (Å²) in [5.41, 5.74) is 0. The van der Waals surface area contributed by atoms with Gasteiger partial charge in [-0.1, -0.05) is 127 Å². The highest BCUT2D eigenvalue weighted by Gasteiger charge is 2.53. The smallest absolute Gasteiger partial charge is 0.220 e. The van der Waals surface area contributed by atoms with Crippen molar-refractivity contribution in [3.05, 3.63) is 36.5 Å². The van der Waals surface area contributed by atoms with E-state index in [9.17, 15) is 61.0 Å². The fraction of sp³-hybridized carbons (Fsp3) is 0.860. The Bertz CT molecular complexity index is 1420. The molecule has 0 spiro atoms. The standard InChI is InChI=1S/C50H89NO18/c1-3-5-7-9-11-13-15-16-17-18-20-22-24-26-28-38(56)51-33(34(55)27-25-23-21-19-14-12-10-8-6-4-2)32-64-48-44(62)41(59)46(36(30-53)66-48)69-50-45(63)42(60)47(37(31-54)67-50)68-49-43(61)40(58)39(57)35(29-52)65-49/h9,11,15-16,25,27,33-37,39-50,52-55,57-63H,3-8,10,12-14,17-24,26,28-32H2,1-2H3,(H,51,56)/b11-9-,16-15-,27-25+. The van der Waals surface area contributed by atoms with Gasteiger partial charge in [0.25, 0.3) is 0 Å². The molecular weight excluding hydrogens is 903 g/mol. The molecule has 0 aromatic rings. The minimum absolute atomic E-state index is 0.226. The van der Waals surface area contributed by atoms with Crippen molar-refractivity contribution < 1.29 is 89.4 Å². The van der Waals surface area contributed by atoms with Gasteiger partial charge in [0.1, 0.15) is 73.2 Å². The van der Waals surface area contributed by atoms with Gasteiger partial charge >= 0.3 is 0 Å². The molecule has 0 bridgehead atoms. The molecule has 1 amide bonds. The van der Waals surface area contributed by atoms with Crippen LogP contribution in [0.4, 0.5) is 0 Å². The van der Waals surface area contributed by atoms with Crippen LogP contribution >= 0.6 is 0 Å². The molecule has 0 saturated carbocycles. The SMILES string of the molecule is CCCC/C=C\C/C=C\CCCCCCCC(=O)NC(COC1OC(CO)C(OC2OC(CO)C(OC3OC(CO)C(O)C(O)C3O)C(O)C2O)C(O)C1O)C(O)/C=C/CCCCCCCCCC. The third-order valence-electron chi connectivity index (χ3n) is 12.9. The number of ether oxygens (including phenoxy) is 6. The first-order chi connectivity index (χ1) is 33.3. The maximum atomic E-state index is 13.2. The molecule has 17 unspecified atom stereocenters. The number of rotatable bonds is 35. The molecule has 3 rings (SSSR count). The average Bonchev–Trinajstić information content (AvgIpc) is 3.34. The predicted molar refractivity (Wildman–Crippen MR) is 254 cm³/mol. The van der Waals surface area contributed by atoms with Crippen molar-refractivity contribution in [2.75, 3.05) is 26.4 Å². The molecule has 0 aromatic heterocycles. The third kappa shape index (κ3) is 21.2. The summed E-state index contributed by atoms with van der Waals surface area (Å²) >= 11 is 0. The topological polar surface area (TPSA) is 307 Å². The van der Waals surface area contributed by atoms with Crippen LogP contribution in [0.15, 0.2) is 36.5 Å². The number of allylic oxidation sites excluding steroid dienone is 5. The number of amides is 1. The van der Waals surface area contributed by atoms with Gasteiger partial charge in [-0.2, -0.15) is 0 Å². The maximum Gasteiger partial charge on any atom is 0.220 e. The van der Waals surface area contributed by atoms with E-state index in [1.54, 1.807) is 6.08 Å². The fourth-order valence-electron chi connectivity index (χ4n) is 8.56. The van der Waals surface area contributed by atoms with Crippen LogP contribution in [-0.2, 0) is 33.2 Å². The summed E-state index contributed by atoms with van der Waals surface area (Å²) in [7, 11) is 0. The molecule has 3 aliphatic heterocycles. The molecule has 3 fully saturated rings. The highest BCUT2D eigenvalue weighted by Crippen LogP contribution is 2.33. The Morgan fingerprint density at radius 1 is 0.522 bits per heavy atom. The normalized spacial score (nSPS) is 33.1. The molecule has 19 heteroatoms. The zero-order valence-corrected chi connectivity index (χ0v) is 41.0. The van der Waals surface area contributed by atoms with E-state index in [4.69, 9.17) is 28.4 Å². The van der Waals surface area contributed by atoms with Gasteiger partial charge in [0.15, 0.2) is 18.9 Å². The lowest BCUT2D eigenvalue weighted by molar-refractivity contribution is -0.379. The number of nitrogens with one attached hydrogen (secondary N) is 1. The van der Waals surface area contributed by atoms with E-state index in [0.717, 1.165) is 70.6 Å². The second-order valence-corrected chi connectivity index (χ2v) is 18.6. The Morgan fingerprint density at radius 3 is 1.52 bits per heavy atom. The molecule has 19 nitrogen and oxygen atoms in total. The Hall–Kier alpha value is -1.99. The zero-order valence-electron chi connectivity index (χ0n) is 41.0. The van der Waals surface area contributed by atoms with Gasteiger partial charge in [-0.25, -0.2) is 0 Å². The number of carbonyl (C=O) groups excluding carboxylic acids is 1. The van der Waals surface area contributed by atoms with Crippen LogP contribution in [0.3, 0.4) is 0 Å². The van der Waals surface area contributed by atoms with Crippen molar-refractivity contribution in [2.45, 2.75) is 247 Å². The minimum Gasteiger partial charge on any atom is -0.394 e. The highest BCUT2D eigenvalue weighted by atomic mass is 16.8. The van der Waals surface area contributed by atoms with Gasteiger partial charge in [-0.05, 0) is 44.9 Å². The van der Waals surface area contributed by atoms with E-state index in [0.29, 0.717) is 6.42 Å². The highest BCUT2D eigenvalue weighted by molar-refractivity contribution is 5.76. The minimum atomic E-state index is -1.98. The Kier molecular flexibility index (Phi) is 31.3. The number of hydrogen-bond donors (Lipinski definition) is 12. The number of aliphatic hydroxyl groups excluding tert-OH is 11. The van der Waals surface area contributed by atoms with Gasteiger partial charge in [0.2, 0.25) is 5.91 Å². The average molecular weight is 992 g/mol. The van der Waals surface area contributed by atoms with E-state index >= 15 is 0 Å². The summed E-state index contributed by atoms with van der Waals surface area (Å²) in [6.07, 6.45) is 5.84. The van der Waals surface area contributed by atoms with Crippen LogP contribution in [0.2, 0.25) is 0 Å². The lowest BCUT2D eigenvalue weighted by atomic mass is 9.96. The van der Waals surface area contributed by atoms with E-state index in [2.05, 4.69) is 43.5 Å². The van der Waals surface area contributed by atoms with E-state index in [-0.39, 0.29) is 18.9 Å². The first-order valence-corrected chi connectivity index (χ1v) is 25.7. The van der Waals surface area contributed by atoms with Crippen LogP contribution in [-0.4, -0.2) is 193 Å². The van der Waals surface area contributed by atoms with Crippen LogP contribution in [0.1, 0.15) is 142 Å². The zero-order chi connectivity index (χ0) is 50.6. The molecule has 12 N–H and O–H groups in total. The summed E-state index contributed by atoms with van der Waals surface area (Å²) in [5, 5.41) is 119. The summed E-state index contributed by atoms with van der Waals surface area (Å²) in [4.78, 5) is 13.2. The van der Waals surface area contributed by atoms with Gasteiger partial charge in [0.05, 0.1) is 38.6 Å². The number of aliphatic hydroxyl groups is 11. The molecule has 17 atom stereocenters. The van der Waals surface area contributed by atoms with Gasteiger partial charge in [-0.3, -0.25) is 4.79 Å². The molecule has 3 saturated heterocycles. The van der Waals surface area contributed by atoms with Gasteiger partial charge < -0.3 is 89.9 Å². The predicted octanol–water partition coefficient (Wildman–Crippen LogP) is 1.81. The summed E-state index contributed by atoms with van der Waals surface area (Å²) in [6, 6.07) is -0.976. The molecule has 0 aliphatic carbocycles. The summed E-state index contributed by atoms with van der Waals surface area (Å²) in [5.74, 6) is -0.295. The van der Waals surface area contributed by atoms with Crippen molar-refractivity contribution in [2.24, 2.45) is 0 Å². The lowest BCUT2D eigenvalue weighted by Gasteiger charge is -2.48. The van der Waals surface area contributed by atoms with Crippen molar-refractivity contribution in [1.82, 2.24) is 5.32 Å². The van der Waals surface area contributed by atoms with Crippen LogP contribution < -0.4 is 5.32 Å². The van der Waals surface area contributed by atoms with Gasteiger partial charge in [-0.15, -0.1) is 0 Å². The van der Waals surface area contributed by atoms with E-state index in [1.165, 1.54) is 44.9 Å². The molecule has 0 aromatic carbocycles. The second-order valence-electron chi connectivity index (χ2n) is 18.6. The monoisotopic (exact) mass is 992 g/mol. The second kappa shape index (κ2) is 35.2. The maximum absolute atomic E-state index is 13.2. The van der Waals surface area contributed by atoms with Crippen molar-refractivity contribution >= 4 is 5.91 Å². The quantitative estimate of drug-likeness (QED) is 0.0318. The summed E-state index contributed by atoms with van der Waals surface area (Å²) in [6.45, 7) is 1.59. The lowest BCUT2D eigenvalue weighted by Crippen LogP contribution is -2.66. The largest absolute Gasteiger partial charge is 0.394 e. The Morgan fingerprint density at radius 2 is 0.971 bits per heavy atom. The first kappa shape index (κ1) is 61.3. The first-order valence-electron chi connectivity index (χ1n) is 25.7. The Labute approximate surface area is 409 Å². The van der Waals surface area contributed by atoms with Crippen LogP contribution in [0.5, 0.6) is 0 Å². The van der Waals surface area contributed by atoms with Crippen molar-refractivity contribution in [1.29, 1.82) is 0 Å². The fourth-order valence-corrected chi connectivity index (χ4v) is 8.56. The molecule has 402 valence electrons.